The zero-order valence-corrected chi connectivity index (χ0v) is 12.6. The number of nitrogens with two attached hydrogens (primary N) is 1. The van der Waals surface area contributed by atoms with E-state index in [1.54, 1.807) is 18.2 Å². The number of aliphatic carboxylic acids is 1. The van der Waals surface area contributed by atoms with Crippen LogP contribution in [0, 0.1) is 0 Å². The van der Waals surface area contributed by atoms with Crippen LogP contribution in [0.3, 0.4) is 0 Å². The zero-order chi connectivity index (χ0) is 14.2. The van der Waals surface area contributed by atoms with Crippen LogP contribution in [0.2, 0.25) is 0 Å². The van der Waals surface area contributed by atoms with Gasteiger partial charge in [-0.2, -0.15) is 0 Å². The standard InChI is InChI=1S/C12H13BrN2O3S/c1-6-15(10(5-19-6)12(17)18)11(16)8-4-7(14)2-3-9(8)13/h2-4,6,10H,5,14H2,1H3,(H,17,18). The van der Waals surface area contributed by atoms with Gasteiger partial charge in [-0.3, -0.25) is 4.79 Å². The molecule has 19 heavy (non-hydrogen) atoms. The Hall–Kier alpha value is -1.21. The van der Waals surface area contributed by atoms with Gasteiger partial charge in [-0.1, -0.05) is 0 Å². The summed E-state index contributed by atoms with van der Waals surface area (Å²) in [4.78, 5) is 25.1. The molecule has 1 aromatic rings. The van der Waals surface area contributed by atoms with Crippen LogP contribution < -0.4 is 5.73 Å². The molecule has 1 aromatic carbocycles. The molecule has 1 aliphatic rings. The molecule has 7 heteroatoms. The van der Waals surface area contributed by atoms with E-state index in [9.17, 15) is 14.7 Å². The Balaban J connectivity index is 2.37. The van der Waals surface area contributed by atoms with Crippen molar-refractivity contribution in [1.29, 1.82) is 0 Å². The lowest BCUT2D eigenvalue weighted by Gasteiger charge is -2.25. The van der Waals surface area contributed by atoms with Crippen LogP contribution in [-0.2, 0) is 4.79 Å². The lowest BCUT2D eigenvalue weighted by molar-refractivity contribution is -0.141. The first kappa shape index (κ1) is 14.2. The first-order chi connectivity index (χ1) is 8.91. The molecule has 5 nitrogen and oxygen atoms in total. The molecule has 1 heterocycles. The SMILES string of the molecule is CC1SCC(C(=O)O)N1C(=O)c1cc(N)ccc1Br. The van der Waals surface area contributed by atoms with Crippen molar-refractivity contribution in [2.75, 3.05) is 11.5 Å². The maximum absolute atomic E-state index is 12.5. The first-order valence-corrected chi connectivity index (χ1v) is 7.48. The summed E-state index contributed by atoms with van der Waals surface area (Å²) in [6.45, 7) is 1.83. The van der Waals surface area contributed by atoms with Crippen molar-refractivity contribution in [3.8, 4) is 0 Å². The van der Waals surface area contributed by atoms with Gasteiger partial charge in [0, 0.05) is 15.9 Å². The average molecular weight is 345 g/mol. The molecule has 1 saturated heterocycles. The van der Waals surface area contributed by atoms with E-state index in [0.29, 0.717) is 21.5 Å². The zero-order valence-electron chi connectivity index (χ0n) is 10.2. The third-order valence-electron chi connectivity index (χ3n) is 2.96. The van der Waals surface area contributed by atoms with Gasteiger partial charge in [-0.25, -0.2) is 4.79 Å². The summed E-state index contributed by atoms with van der Waals surface area (Å²) in [5.74, 6) is -0.892. The second-order valence-corrected chi connectivity index (χ2v) is 6.44. The number of thioether (sulfide) groups is 1. The molecule has 0 saturated carbocycles. The van der Waals surface area contributed by atoms with Crippen LogP contribution in [-0.4, -0.2) is 39.1 Å². The fourth-order valence-corrected chi connectivity index (χ4v) is 3.57. The summed E-state index contributed by atoms with van der Waals surface area (Å²) in [5.41, 5.74) is 6.54. The highest BCUT2D eigenvalue weighted by molar-refractivity contribution is 9.10. The van der Waals surface area contributed by atoms with Crippen molar-refractivity contribution < 1.29 is 14.7 Å². The van der Waals surface area contributed by atoms with Gasteiger partial charge in [-0.15, -0.1) is 11.8 Å². The van der Waals surface area contributed by atoms with E-state index in [2.05, 4.69) is 15.9 Å². The highest BCUT2D eigenvalue weighted by Gasteiger charge is 2.40. The monoisotopic (exact) mass is 344 g/mol. The number of carboxylic acid groups (broad SMARTS) is 1. The van der Waals surface area contributed by atoms with Crippen molar-refractivity contribution in [2.45, 2.75) is 18.3 Å². The van der Waals surface area contributed by atoms with Crippen molar-refractivity contribution >= 4 is 45.3 Å². The van der Waals surface area contributed by atoms with Crippen molar-refractivity contribution in [3.05, 3.63) is 28.2 Å². The Morgan fingerprint density at radius 3 is 2.84 bits per heavy atom. The number of benzene rings is 1. The van der Waals surface area contributed by atoms with Gasteiger partial charge < -0.3 is 15.7 Å². The molecule has 3 N–H and O–H groups in total. The van der Waals surface area contributed by atoms with E-state index in [0.717, 1.165) is 0 Å². The maximum Gasteiger partial charge on any atom is 0.327 e. The number of nitrogens with zero attached hydrogens (tertiary/aromatic N) is 1. The molecule has 0 bridgehead atoms. The van der Waals surface area contributed by atoms with Crippen LogP contribution >= 0.6 is 27.7 Å². The summed E-state index contributed by atoms with van der Waals surface area (Å²) in [7, 11) is 0. The Labute approximate surface area is 123 Å². The van der Waals surface area contributed by atoms with Crippen LogP contribution in [0.25, 0.3) is 0 Å². The predicted molar refractivity (Wildman–Crippen MR) is 78.1 cm³/mol. The van der Waals surface area contributed by atoms with Gasteiger partial charge in [0.25, 0.3) is 5.91 Å². The molecular formula is C12H13BrN2O3S. The molecule has 0 aromatic heterocycles. The van der Waals surface area contributed by atoms with E-state index in [-0.39, 0.29) is 11.3 Å². The summed E-state index contributed by atoms with van der Waals surface area (Å²) in [5, 5.41) is 9.01. The molecule has 0 radical (unpaired) electrons. The Bertz CT molecular complexity index is 538. The topological polar surface area (TPSA) is 83.6 Å². The number of carbonyl (C=O) groups excluding carboxylic acids is 1. The average Bonchev–Trinajstić information content (AvgIpc) is 2.73. The number of halogens is 1. The second-order valence-electron chi connectivity index (χ2n) is 4.24. The molecule has 2 unspecified atom stereocenters. The molecule has 0 spiro atoms. The summed E-state index contributed by atoms with van der Waals surface area (Å²) in [6.07, 6.45) is 0. The van der Waals surface area contributed by atoms with Gasteiger partial charge in [-0.05, 0) is 41.1 Å². The highest BCUT2D eigenvalue weighted by atomic mass is 79.9. The van der Waals surface area contributed by atoms with E-state index in [4.69, 9.17) is 5.73 Å². The summed E-state index contributed by atoms with van der Waals surface area (Å²) < 4.78 is 0.611. The third kappa shape index (κ3) is 2.71. The molecule has 102 valence electrons. The fourth-order valence-electron chi connectivity index (χ4n) is 1.99. The number of hydrogen-bond acceptors (Lipinski definition) is 4. The molecular weight excluding hydrogens is 332 g/mol. The number of hydrogen-bond donors (Lipinski definition) is 2. The second kappa shape index (κ2) is 5.42. The largest absolute Gasteiger partial charge is 0.480 e. The Morgan fingerprint density at radius 2 is 2.21 bits per heavy atom. The minimum Gasteiger partial charge on any atom is -0.480 e. The van der Waals surface area contributed by atoms with Crippen molar-refractivity contribution in [3.63, 3.8) is 0 Å². The van der Waals surface area contributed by atoms with Gasteiger partial charge in [0.15, 0.2) is 0 Å². The van der Waals surface area contributed by atoms with E-state index >= 15 is 0 Å². The smallest absolute Gasteiger partial charge is 0.327 e. The van der Waals surface area contributed by atoms with E-state index in [1.807, 2.05) is 6.92 Å². The Morgan fingerprint density at radius 1 is 1.53 bits per heavy atom. The molecule has 1 fully saturated rings. The first-order valence-electron chi connectivity index (χ1n) is 5.64. The number of anilines is 1. The molecule has 2 atom stereocenters. The highest BCUT2D eigenvalue weighted by Crippen LogP contribution is 2.32. The van der Waals surface area contributed by atoms with E-state index < -0.39 is 12.0 Å². The molecule has 0 aliphatic carbocycles. The van der Waals surface area contributed by atoms with Crippen LogP contribution in [0.5, 0.6) is 0 Å². The lowest BCUT2D eigenvalue weighted by Crippen LogP contribution is -2.44. The molecule has 2 rings (SSSR count). The third-order valence-corrected chi connectivity index (χ3v) is 4.87. The summed E-state index contributed by atoms with van der Waals surface area (Å²) in [6, 6.07) is 4.13. The maximum atomic E-state index is 12.5. The predicted octanol–water partition coefficient (Wildman–Crippen LogP) is 2.02. The van der Waals surface area contributed by atoms with Crippen LogP contribution in [0.4, 0.5) is 5.69 Å². The van der Waals surface area contributed by atoms with Crippen molar-refractivity contribution in [1.82, 2.24) is 4.90 Å². The van der Waals surface area contributed by atoms with E-state index in [1.165, 1.54) is 16.7 Å². The number of nitrogen functional groups attached to an aromatic ring is 1. The van der Waals surface area contributed by atoms with Crippen LogP contribution in [0.1, 0.15) is 17.3 Å². The lowest BCUT2D eigenvalue weighted by atomic mass is 10.1. The normalized spacial score (nSPS) is 22.5. The minimum absolute atomic E-state index is 0.165. The van der Waals surface area contributed by atoms with Gasteiger partial charge in [0.1, 0.15) is 6.04 Å². The number of amides is 1. The van der Waals surface area contributed by atoms with Crippen molar-refractivity contribution in [2.24, 2.45) is 0 Å². The quantitative estimate of drug-likeness (QED) is 0.802. The van der Waals surface area contributed by atoms with Gasteiger partial charge >= 0.3 is 5.97 Å². The molecule has 1 aliphatic heterocycles. The van der Waals surface area contributed by atoms with Crippen LogP contribution in [0.15, 0.2) is 22.7 Å². The minimum atomic E-state index is -0.981. The number of carboxylic acids is 1. The van der Waals surface area contributed by atoms with Gasteiger partial charge in [0.05, 0.1) is 10.9 Å². The number of carbonyl (C=O) groups is 2. The van der Waals surface area contributed by atoms with Gasteiger partial charge in [0.2, 0.25) is 0 Å². The Kier molecular flexibility index (Phi) is 4.05. The molecule has 1 amide bonds. The summed E-state index contributed by atoms with van der Waals surface area (Å²) >= 11 is 4.75. The fraction of sp³-hybridized carbons (Fsp3) is 0.333. The number of rotatable bonds is 2.